The highest BCUT2D eigenvalue weighted by Crippen LogP contribution is 2.22. The summed E-state index contributed by atoms with van der Waals surface area (Å²) < 4.78 is 9.39. The van der Waals surface area contributed by atoms with Crippen molar-refractivity contribution in [2.45, 2.75) is 19.8 Å². The molecule has 1 atom stereocenters. The number of benzene rings is 1. The molecule has 1 aromatic rings. The van der Waals surface area contributed by atoms with Crippen LogP contribution in [0.1, 0.15) is 28.8 Å². The zero-order valence-electron chi connectivity index (χ0n) is 14.1. The Hall–Kier alpha value is -2.57. The minimum absolute atomic E-state index is 0.141. The van der Waals surface area contributed by atoms with Crippen molar-refractivity contribution in [3.05, 3.63) is 29.3 Å². The normalized spacial score (nSPS) is 17.1. The molecule has 1 aromatic carbocycles. The fraction of sp³-hybridized carbons (Fsp3) is 0.471. The van der Waals surface area contributed by atoms with E-state index in [1.807, 2.05) is 6.92 Å². The molecule has 1 heterocycles. The molecule has 7 nitrogen and oxygen atoms in total. The highest BCUT2D eigenvalue weighted by Gasteiger charge is 2.29. The van der Waals surface area contributed by atoms with Crippen molar-refractivity contribution < 1.29 is 23.9 Å². The van der Waals surface area contributed by atoms with Crippen molar-refractivity contribution in [3.8, 4) is 0 Å². The van der Waals surface area contributed by atoms with Gasteiger partial charge in [0.1, 0.15) is 0 Å². The number of aryl methyl sites for hydroxylation is 1. The highest BCUT2D eigenvalue weighted by molar-refractivity contribution is 5.95. The topological polar surface area (TPSA) is 84.9 Å². The second-order valence-electron chi connectivity index (χ2n) is 5.77. The number of carbonyl (C=O) groups excluding carboxylic acids is 3. The summed E-state index contributed by atoms with van der Waals surface area (Å²) in [6.45, 7) is 2.75. The molecule has 1 N–H and O–H groups in total. The quantitative estimate of drug-likeness (QED) is 0.857. The maximum atomic E-state index is 12.5. The second kappa shape index (κ2) is 7.81. The van der Waals surface area contributed by atoms with Crippen LogP contribution in [0, 0.1) is 12.8 Å². The lowest BCUT2D eigenvalue weighted by atomic mass is 9.97. The average Bonchev–Trinajstić information content (AvgIpc) is 2.61. The van der Waals surface area contributed by atoms with Crippen LogP contribution >= 0.6 is 0 Å². The molecule has 0 radical (unpaired) electrons. The van der Waals surface area contributed by atoms with Crippen molar-refractivity contribution in [2.75, 3.05) is 32.6 Å². The van der Waals surface area contributed by atoms with Crippen LogP contribution in [-0.4, -0.2) is 50.2 Å². The molecule has 0 saturated carbocycles. The van der Waals surface area contributed by atoms with Crippen molar-refractivity contribution in [2.24, 2.45) is 5.92 Å². The van der Waals surface area contributed by atoms with Crippen LogP contribution in [0.15, 0.2) is 18.2 Å². The largest absolute Gasteiger partial charge is 0.465 e. The Kier molecular flexibility index (Phi) is 5.78. The third-order valence-electron chi connectivity index (χ3n) is 4.13. The predicted molar refractivity (Wildman–Crippen MR) is 87.9 cm³/mol. The van der Waals surface area contributed by atoms with Gasteiger partial charge >= 0.3 is 12.1 Å². The maximum absolute atomic E-state index is 12.5. The van der Waals surface area contributed by atoms with Crippen molar-refractivity contribution in [1.82, 2.24) is 4.90 Å². The van der Waals surface area contributed by atoms with Gasteiger partial charge in [0, 0.05) is 18.8 Å². The number of methoxy groups -OCH3 is 2. The van der Waals surface area contributed by atoms with E-state index < -0.39 is 12.1 Å². The number of anilines is 1. The first-order chi connectivity index (χ1) is 11.5. The molecule has 0 unspecified atom stereocenters. The van der Waals surface area contributed by atoms with Crippen LogP contribution in [0.3, 0.4) is 0 Å². The van der Waals surface area contributed by atoms with E-state index in [1.165, 1.54) is 14.2 Å². The van der Waals surface area contributed by atoms with Gasteiger partial charge in [-0.3, -0.25) is 4.79 Å². The zero-order valence-corrected chi connectivity index (χ0v) is 14.1. The Balaban J connectivity index is 2.04. The van der Waals surface area contributed by atoms with Crippen molar-refractivity contribution in [3.63, 3.8) is 0 Å². The third-order valence-corrected chi connectivity index (χ3v) is 4.13. The summed E-state index contributed by atoms with van der Waals surface area (Å²) in [7, 11) is 2.65. The fourth-order valence-electron chi connectivity index (χ4n) is 2.77. The molecule has 2 rings (SSSR count). The van der Waals surface area contributed by atoms with Crippen molar-refractivity contribution in [1.29, 1.82) is 0 Å². The van der Waals surface area contributed by atoms with E-state index in [2.05, 4.69) is 10.1 Å². The smallest absolute Gasteiger partial charge is 0.409 e. The molecule has 0 aromatic heterocycles. The van der Waals surface area contributed by atoms with E-state index in [0.717, 1.165) is 18.4 Å². The van der Waals surface area contributed by atoms with Crippen LogP contribution in [0.25, 0.3) is 0 Å². The monoisotopic (exact) mass is 334 g/mol. The summed E-state index contributed by atoms with van der Waals surface area (Å²) in [5.74, 6) is -0.841. The molecular weight excluding hydrogens is 312 g/mol. The lowest BCUT2D eigenvalue weighted by molar-refractivity contribution is -0.121. The number of hydrogen-bond donors (Lipinski definition) is 1. The van der Waals surface area contributed by atoms with Gasteiger partial charge in [0.15, 0.2) is 0 Å². The number of ether oxygens (including phenoxy) is 2. The van der Waals surface area contributed by atoms with Crippen LogP contribution in [-0.2, 0) is 14.3 Å². The van der Waals surface area contributed by atoms with Gasteiger partial charge in [-0.2, -0.15) is 0 Å². The number of amides is 2. The van der Waals surface area contributed by atoms with E-state index >= 15 is 0 Å². The standard InChI is InChI=1S/C17H22N2O5/c1-11-9-12(16(21)23-2)6-7-14(11)18-15(20)13-5-4-8-19(10-13)17(22)24-3/h6-7,9,13H,4-5,8,10H2,1-3H3,(H,18,20)/t13-/m0/s1. The molecule has 0 bridgehead atoms. The van der Waals surface area contributed by atoms with Gasteiger partial charge in [-0.05, 0) is 43.5 Å². The molecule has 7 heteroatoms. The van der Waals surface area contributed by atoms with Crippen LogP contribution in [0.4, 0.5) is 10.5 Å². The molecule has 0 aliphatic carbocycles. The summed E-state index contributed by atoms with van der Waals surface area (Å²) in [6.07, 6.45) is 1.07. The Morgan fingerprint density at radius 1 is 1.21 bits per heavy atom. The van der Waals surface area contributed by atoms with Gasteiger partial charge in [-0.1, -0.05) is 0 Å². The maximum Gasteiger partial charge on any atom is 0.409 e. The predicted octanol–water partition coefficient (Wildman–Crippen LogP) is 2.20. The summed E-state index contributed by atoms with van der Waals surface area (Å²) >= 11 is 0. The van der Waals surface area contributed by atoms with Gasteiger partial charge in [-0.15, -0.1) is 0 Å². The zero-order chi connectivity index (χ0) is 17.7. The average molecular weight is 334 g/mol. The molecular formula is C17H22N2O5. The van der Waals surface area contributed by atoms with E-state index in [9.17, 15) is 14.4 Å². The second-order valence-corrected chi connectivity index (χ2v) is 5.77. The van der Waals surface area contributed by atoms with E-state index in [0.29, 0.717) is 24.3 Å². The SMILES string of the molecule is COC(=O)c1ccc(NC(=O)[C@H]2CCCN(C(=O)OC)C2)c(C)c1. The molecule has 1 aliphatic heterocycles. The summed E-state index contributed by atoms with van der Waals surface area (Å²) in [6, 6.07) is 4.96. The van der Waals surface area contributed by atoms with Crippen LogP contribution < -0.4 is 5.32 Å². The number of hydrogen-bond acceptors (Lipinski definition) is 5. The Morgan fingerprint density at radius 2 is 1.96 bits per heavy atom. The summed E-state index contributed by atoms with van der Waals surface area (Å²) in [5.41, 5.74) is 1.84. The Bertz CT molecular complexity index is 644. The van der Waals surface area contributed by atoms with Gasteiger partial charge in [-0.25, -0.2) is 9.59 Å². The first-order valence-corrected chi connectivity index (χ1v) is 7.79. The lowest BCUT2D eigenvalue weighted by Gasteiger charge is -2.31. The van der Waals surface area contributed by atoms with Crippen molar-refractivity contribution >= 4 is 23.7 Å². The summed E-state index contributed by atoms with van der Waals surface area (Å²) in [4.78, 5) is 37.1. The number of likely N-dealkylation sites (tertiary alicyclic amines) is 1. The molecule has 1 fully saturated rings. The van der Waals surface area contributed by atoms with Gasteiger partial charge in [0.25, 0.3) is 0 Å². The van der Waals surface area contributed by atoms with Gasteiger partial charge in [0.05, 0.1) is 25.7 Å². The number of rotatable bonds is 3. The first-order valence-electron chi connectivity index (χ1n) is 7.79. The highest BCUT2D eigenvalue weighted by atomic mass is 16.5. The minimum Gasteiger partial charge on any atom is -0.465 e. The molecule has 24 heavy (non-hydrogen) atoms. The van der Waals surface area contributed by atoms with E-state index in [-0.39, 0.29) is 11.8 Å². The molecule has 1 aliphatic rings. The number of nitrogens with one attached hydrogen (secondary N) is 1. The fourth-order valence-corrected chi connectivity index (χ4v) is 2.77. The number of nitrogens with zero attached hydrogens (tertiary/aromatic N) is 1. The van der Waals surface area contributed by atoms with E-state index in [4.69, 9.17) is 4.74 Å². The van der Waals surface area contributed by atoms with Gasteiger partial charge < -0.3 is 19.7 Å². The lowest BCUT2D eigenvalue weighted by Crippen LogP contribution is -2.43. The molecule has 2 amide bonds. The third kappa shape index (κ3) is 4.04. The number of esters is 1. The Morgan fingerprint density at radius 3 is 2.58 bits per heavy atom. The number of piperidine rings is 1. The van der Waals surface area contributed by atoms with Crippen LogP contribution in [0.2, 0.25) is 0 Å². The number of carbonyl (C=O) groups is 3. The minimum atomic E-state index is -0.419. The molecule has 1 saturated heterocycles. The molecule has 0 spiro atoms. The van der Waals surface area contributed by atoms with E-state index in [1.54, 1.807) is 23.1 Å². The first kappa shape index (κ1) is 17.8. The Labute approximate surface area is 140 Å². The van der Waals surface area contributed by atoms with Crippen LogP contribution in [0.5, 0.6) is 0 Å². The summed E-state index contributed by atoms with van der Waals surface area (Å²) in [5, 5.41) is 2.87. The molecule has 130 valence electrons. The van der Waals surface area contributed by atoms with Gasteiger partial charge in [0.2, 0.25) is 5.91 Å².